The van der Waals surface area contributed by atoms with Gasteiger partial charge in [0.2, 0.25) is 0 Å². The first-order valence-electron chi connectivity index (χ1n) is 1.86. The van der Waals surface area contributed by atoms with Gasteiger partial charge in [0.05, 0.1) is 0 Å². The summed E-state index contributed by atoms with van der Waals surface area (Å²) in [5.41, 5.74) is 0. The summed E-state index contributed by atoms with van der Waals surface area (Å²) < 4.78 is 0. The van der Waals surface area contributed by atoms with Gasteiger partial charge >= 0.3 is 7.12 Å². The third-order valence-corrected chi connectivity index (χ3v) is 0.771. The van der Waals surface area contributed by atoms with Crippen molar-refractivity contribution in [3.63, 3.8) is 0 Å². The first-order valence-corrected chi connectivity index (χ1v) is 2.98. The molecule has 0 atom stereocenters. The van der Waals surface area contributed by atoms with Crippen molar-refractivity contribution in [2.45, 2.75) is 0 Å². The molecule has 7 heavy (non-hydrogen) atoms. The SMILES string of the molecule is OB(O)/C=C/CBr. The Labute approximate surface area is 51.1 Å². The van der Waals surface area contributed by atoms with Crippen LogP contribution in [0.3, 0.4) is 0 Å². The fourth-order valence-corrected chi connectivity index (χ4v) is 0.389. The number of alkyl halides is 1. The van der Waals surface area contributed by atoms with Crippen LogP contribution < -0.4 is 0 Å². The molecule has 0 aliphatic heterocycles. The molecule has 0 aromatic heterocycles. The molecule has 0 aromatic carbocycles. The molecular formula is C3H6BBrO2. The van der Waals surface area contributed by atoms with Gasteiger partial charge in [0.15, 0.2) is 0 Å². The highest BCUT2D eigenvalue weighted by molar-refractivity contribution is 9.09. The van der Waals surface area contributed by atoms with Crippen molar-refractivity contribution in [1.82, 2.24) is 0 Å². The molecule has 0 saturated carbocycles. The maximum Gasteiger partial charge on any atom is 0.480 e. The molecule has 0 aliphatic carbocycles. The minimum Gasteiger partial charge on any atom is -0.424 e. The lowest BCUT2D eigenvalue weighted by Gasteiger charge is -1.80. The van der Waals surface area contributed by atoms with E-state index < -0.39 is 7.12 Å². The van der Waals surface area contributed by atoms with Crippen LogP contribution in [0.4, 0.5) is 0 Å². The zero-order chi connectivity index (χ0) is 5.70. The lowest BCUT2D eigenvalue weighted by atomic mass is 9.92. The highest BCUT2D eigenvalue weighted by atomic mass is 79.9. The fourth-order valence-electron chi connectivity index (χ4n) is 0.173. The van der Waals surface area contributed by atoms with Gasteiger partial charge in [-0.15, -0.1) is 0 Å². The van der Waals surface area contributed by atoms with E-state index in [0.29, 0.717) is 5.33 Å². The monoisotopic (exact) mass is 164 g/mol. The molecule has 0 aromatic rings. The summed E-state index contributed by atoms with van der Waals surface area (Å²) in [5, 5.41) is 16.9. The molecule has 0 heterocycles. The molecule has 0 fully saturated rings. The van der Waals surface area contributed by atoms with Gasteiger partial charge in [-0.1, -0.05) is 28.0 Å². The maximum atomic E-state index is 8.13. The van der Waals surface area contributed by atoms with Crippen LogP contribution in [0.2, 0.25) is 0 Å². The van der Waals surface area contributed by atoms with Crippen LogP contribution in [0.25, 0.3) is 0 Å². The lowest BCUT2D eigenvalue weighted by molar-refractivity contribution is 0.424. The highest BCUT2D eigenvalue weighted by Gasteiger charge is 1.94. The van der Waals surface area contributed by atoms with Crippen LogP contribution in [0.5, 0.6) is 0 Å². The summed E-state index contributed by atoms with van der Waals surface area (Å²) in [6.45, 7) is 0. The number of hydrogen-bond donors (Lipinski definition) is 2. The summed E-state index contributed by atoms with van der Waals surface area (Å²) in [5.74, 6) is 1.29. The summed E-state index contributed by atoms with van der Waals surface area (Å²) in [4.78, 5) is 0. The van der Waals surface area contributed by atoms with Gasteiger partial charge in [-0.2, -0.15) is 0 Å². The summed E-state index contributed by atoms with van der Waals surface area (Å²) in [6.07, 6.45) is 1.62. The molecule has 2 N–H and O–H groups in total. The molecule has 4 heteroatoms. The van der Waals surface area contributed by atoms with E-state index in [0.717, 1.165) is 0 Å². The largest absolute Gasteiger partial charge is 0.480 e. The average Bonchev–Trinajstić information content (AvgIpc) is 1.61. The van der Waals surface area contributed by atoms with E-state index in [1.165, 1.54) is 5.98 Å². The molecule has 0 spiro atoms. The molecule has 0 amide bonds. The van der Waals surface area contributed by atoms with Gasteiger partial charge in [-0.25, -0.2) is 0 Å². The minimum absolute atomic E-state index is 0.657. The zero-order valence-electron chi connectivity index (χ0n) is 3.71. The fraction of sp³-hybridized carbons (Fsp3) is 0.333. The first kappa shape index (κ1) is 7.20. The topological polar surface area (TPSA) is 40.5 Å². The number of allylic oxidation sites excluding steroid dienone is 1. The number of hydrogen-bond acceptors (Lipinski definition) is 2. The van der Waals surface area contributed by atoms with Crippen LogP contribution in [0.15, 0.2) is 12.1 Å². The van der Waals surface area contributed by atoms with Gasteiger partial charge < -0.3 is 10.0 Å². The van der Waals surface area contributed by atoms with Crippen LogP contribution in [0.1, 0.15) is 0 Å². The maximum absolute atomic E-state index is 8.13. The van der Waals surface area contributed by atoms with Crippen LogP contribution in [-0.4, -0.2) is 22.5 Å². The van der Waals surface area contributed by atoms with Crippen molar-refractivity contribution in [3.05, 3.63) is 12.1 Å². The predicted molar refractivity (Wildman–Crippen MR) is 33.1 cm³/mol. The lowest BCUT2D eigenvalue weighted by Crippen LogP contribution is -2.05. The molecule has 40 valence electrons. The Kier molecular flexibility index (Phi) is 4.49. The molecule has 0 aliphatic rings. The molecule has 0 rings (SSSR count). The first-order chi connectivity index (χ1) is 3.27. The normalized spacial score (nSPS) is 10.1. The smallest absolute Gasteiger partial charge is 0.424 e. The second-order valence-electron chi connectivity index (χ2n) is 0.996. The minimum atomic E-state index is -1.31. The number of rotatable bonds is 2. The van der Waals surface area contributed by atoms with Crippen LogP contribution >= 0.6 is 15.9 Å². The van der Waals surface area contributed by atoms with E-state index in [-0.39, 0.29) is 0 Å². The van der Waals surface area contributed by atoms with E-state index in [4.69, 9.17) is 10.0 Å². The van der Waals surface area contributed by atoms with Gasteiger partial charge in [-0.05, 0) is 0 Å². The third-order valence-electron chi connectivity index (χ3n) is 0.397. The quantitative estimate of drug-likeness (QED) is 0.444. The van der Waals surface area contributed by atoms with Gasteiger partial charge in [0.25, 0.3) is 0 Å². The standard InChI is InChI=1S/C3H6BBrO2/c5-3-1-2-4(6)7/h1-2,6-7H,3H2/b2-1+. The van der Waals surface area contributed by atoms with E-state index in [1.807, 2.05) is 0 Å². The van der Waals surface area contributed by atoms with E-state index in [1.54, 1.807) is 6.08 Å². The van der Waals surface area contributed by atoms with E-state index in [9.17, 15) is 0 Å². The second kappa shape index (κ2) is 4.37. The second-order valence-corrected chi connectivity index (χ2v) is 1.64. The predicted octanol–water partition coefficient (Wildman–Crippen LogP) is -0.0505. The van der Waals surface area contributed by atoms with Crippen LogP contribution in [0, 0.1) is 0 Å². The molecular weight excluding hydrogens is 159 g/mol. The Bertz CT molecular complexity index is 64.0. The Morgan fingerprint density at radius 3 is 2.29 bits per heavy atom. The van der Waals surface area contributed by atoms with Crippen molar-refractivity contribution in [3.8, 4) is 0 Å². The highest BCUT2D eigenvalue weighted by Crippen LogP contribution is 1.80. The van der Waals surface area contributed by atoms with Crippen LogP contribution in [-0.2, 0) is 0 Å². The van der Waals surface area contributed by atoms with Crippen molar-refractivity contribution in [2.24, 2.45) is 0 Å². The summed E-state index contributed by atoms with van der Waals surface area (Å²) >= 11 is 3.07. The average molecular weight is 165 g/mol. The zero-order valence-corrected chi connectivity index (χ0v) is 5.30. The summed E-state index contributed by atoms with van der Waals surface area (Å²) in [7, 11) is -1.31. The Hall–Kier alpha value is 0.205. The van der Waals surface area contributed by atoms with Crippen molar-refractivity contribution >= 4 is 23.0 Å². The molecule has 0 radical (unpaired) electrons. The molecule has 0 unspecified atom stereocenters. The van der Waals surface area contributed by atoms with Crippen molar-refractivity contribution in [1.29, 1.82) is 0 Å². The Balaban J connectivity index is 3.08. The summed E-state index contributed by atoms with van der Waals surface area (Å²) in [6, 6.07) is 0. The Morgan fingerprint density at radius 2 is 2.14 bits per heavy atom. The molecule has 2 nitrogen and oxygen atoms in total. The molecule has 0 bridgehead atoms. The Morgan fingerprint density at radius 1 is 1.57 bits per heavy atom. The third kappa shape index (κ3) is 6.20. The van der Waals surface area contributed by atoms with Crippen molar-refractivity contribution in [2.75, 3.05) is 5.33 Å². The van der Waals surface area contributed by atoms with Gasteiger partial charge in [0, 0.05) is 5.33 Å². The van der Waals surface area contributed by atoms with E-state index >= 15 is 0 Å². The van der Waals surface area contributed by atoms with Gasteiger partial charge in [-0.3, -0.25) is 0 Å². The molecule has 0 saturated heterocycles. The van der Waals surface area contributed by atoms with Crippen molar-refractivity contribution < 1.29 is 10.0 Å². The number of halogens is 1. The van der Waals surface area contributed by atoms with E-state index in [2.05, 4.69) is 15.9 Å². The van der Waals surface area contributed by atoms with Gasteiger partial charge in [0.1, 0.15) is 0 Å².